The lowest BCUT2D eigenvalue weighted by molar-refractivity contribution is -0.116. The fourth-order valence-corrected chi connectivity index (χ4v) is 3.58. The molecule has 0 saturated heterocycles. The highest BCUT2D eigenvalue weighted by Crippen LogP contribution is 2.23. The summed E-state index contributed by atoms with van der Waals surface area (Å²) in [7, 11) is -2.02. The van der Waals surface area contributed by atoms with Gasteiger partial charge >= 0.3 is 0 Å². The van der Waals surface area contributed by atoms with Gasteiger partial charge in [0.1, 0.15) is 0 Å². The summed E-state index contributed by atoms with van der Waals surface area (Å²) in [6.45, 7) is 1.47. The molecule has 0 aliphatic carbocycles. The third kappa shape index (κ3) is 3.64. The van der Waals surface area contributed by atoms with Crippen LogP contribution >= 0.6 is 0 Å². The maximum atomic E-state index is 12.6. The van der Waals surface area contributed by atoms with E-state index in [4.69, 9.17) is 0 Å². The third-order valence-corrected chi connectivity index (χ3v) is 5.39. The highest BCUT2D eigenvalue weighted by molar-refractivity contribution is 7.92. The number of carbonyl (C=O) groups is 1. The number of anilines is 2. The van der Waals surface area contributed by atoms with E-state index >= 15 is 0 Å². The van der Waals surface area contributed by atoms with Gasteiger partial charge < -0.3 is 4.90 Å². The molecule has 0 fully saturated rings. The van der Waals surface area contributed by atoms with Gasteiger partial charge in [-0.3, -0.25) is 9.52 Å². The molecule has 0 spiro atoms. The first kappa shape index (κ1) is 17.0. The number of sulfonamides is 1. The summed E-state index contributed by atoms with van der Waals surface area (Å²) in [5.74, 6) is -0.0931. The third-order valence-electron chi connectivity index (χ3n) is 4.01. The van der Waals surface area contributed by atoms with E-state index in [2.05, 4.69) is 4.72 Å². The molecule has 0 bridgehead atoms. The van der Waals surface area contributed by atoms with E-state index in [1.165, 1.54) is 11.8 Å². The van der Waals surface area contributed by atoms with Gasteiger partial charge in [0.15, 0.2) is 0 Å². The van der Waals surface area contributed by atoms with Crippen LogP contribution in [0.4, 0.5) is 11.4 Å². The Morgan fingerprint density at radius 2 is 1.56 bits per heavy atom. The Bertz CT molecular complexity index is 1030. The number of carbonyl (C=O) groups excluding carboxylic acids is 1. The van der Waals surface area contributed by atoms with Gasteiger partial charge in [-0.2, -0.15) is 0 Å². The minimum Gasteiger partial charge on any atom is -0.316 e. The standard InChI is InChI=1S/C19H18N2O3S/c1-14(22)21(2)18-10-8-17(9-11-18)20-25(23,24)19-12-7-15-5-3-4-6-16(15)13-19/h3-13,20H,1-2H3. The number of benzene rings is 3. The number of fused-ring (bicyclic) bond motifs is 1. The van der Waals surface area contributed by atoms with Crippen molar-refractivity contribution in [1.29, 1.82) is 0 Å². The Balaban J connectivity index is 1.86. The van der Waals surface area contributed by atoms with Crippen LogP contribution in [0.3, 0.4) is 0 Å². The number of rotatable bonds is 4. The van der Waals surface area contributed by atoms with Crippen LogP contribution in [-0.4, -0.2) is 21.4 Å². The first-order chi connectivity index (χ1) is 11.9. The topological polar surface area (TPSA) is 66.5 Å². The van der Waals surface area contributed by atoms with Gasteiger partial charge in [0, 0.05) is 25.3 Å². The first-order valence-corrected chi connectivity index (χ1v) is 9.21. The summed E-state index contributed by atoms with van der Waals surface area (Å²) in [4.78, 5) is 13.1. The van der Waals surface area contributed by atoms with Crippen molar-refractivity contribution in [2.45, 2.75) is 11.8 Å². The van der Waals surface area contributed by atoms with Gasteiger partial charge in [0.05, 0.1) is 4.90 Å². The summed E-state index contributed by atoms with van der Waals surface area (Å²) in [6, 6.07) is 19.3. The van der Waals surface area contributed by atoms with E-state index in [-0.39, 0.29) is 10.8 Å². The van der Waals surface area contributed by atoms with Gasteiger partial charge in [-0.1, -0.05) is 30.3 Å². The SMILES string of the molecule is CC(=O)N(C)c1ccc(NS(=O)(=O)c2ccc3ccccc3c2)cc1. The summed E-state index contributed by atoms with van der Waals surface area (Å²) >= 11 is 0. The van der Waals surface area contributed by atoms with Crippen molar-refractivity contribution in [1.82, 2.24) is 0 Å². The molecule has 3 rings (SSSR count). The van der Waals surface area contributed by atoms with Gasteiger partial charge in [-0.15, -0.1) is 0 Å². The maximum Gasteiger partial charge on any atom is 0.261 e. The lowest BCUT2D eigenvalue weighted by Crippen LogP contribution is -2.22. The summed E-state index contributed by atoms with van der Waals surface area (Å²) in [6.07, 6.45) is 0. The molecule has 0 aliphatic rings. The molecular formula is C19H18N2O3S. The number of nitrogens with zero attached hydrogens (tertiary/aromatic N) is 1. The molecule has 0 aliphatic heterocycles. The fraction of sp³-hybridized carbons (Fsp3) is 0.105. The Hall–Kier alpha value is -2.86. The second-order valence-electron chi connectivity index (χ2n) is 5.74. The average molecular weight is 354 g/mol. The van der Waals surface area contributed by atoms with E-state index in [1.807, 2.05) is 24.3 Å². The van der Waals surface area contributed by atoms with E-state index in [9.17, 15) is 13.2 Å². The van der Waals surface area contributed by atoms with Crippen molar-refractivity contribution in [2.24, 2.45) is 0 Å². The molecule has 6 heteroatoms. The molecule has 0 aromatic heterocycles. The minimum absolute atomic E-state index is 0.0931. The maximum absolute atomic E-state index is 12.6. The zero-order valence-electron chi connectivity index (χ0n) is 13.9. The summed E-state index contributed by atoms with van der Waals surface area (Å²) in [5, 5.41) is 1.85. The molecule has 0 heterocycles. The highest BCUT2D eigenvalue weighted by Gasteiger charge is 2.15. The number of hydrogen-bond acceptors (Lipinski definition) is 3. The van der Waals surface area contributed by atoms with Crippen LogP contribution in [0.1, 0.15) is 6.92 Å². The Kier molecular flexibility index (Phi) is 4.46. The summed E-state index contributed by atoms with van der Waals surface area (Å²) < 4.78 is 27.8. The Morgan fingerprint density at radius 1 is 0.920 bits per heavy atom. The van der Waals surface area contributed by atoms with Gasteiger partial charge in [-0.25, -0.2) is 8.42 Å². The molecule has 5 nitrogen and oxygen atoms in total. The van der Waals surface area contributed by atoms with Crippen molar-refractivity contribution >= 4 is 38.1 Å². The van der Waals surface area contributed by atoms with Crippen molar-refractivity contribution in [2.75, 3.05) is 16.7 Å². The smallest absolute Gasteiger partial charge is 0.261 e. The predicted molar refractivity (Wildman–Crippen MR) is 100 cm³/mol. The molecule has 25 heavy (non-hydrogen) atoms. The molecule has 128 valence electrons. The minimum atomic E-state index is -3.68. The molecule has 3 aromatic rings. The lowest BCUT2D eigenvalue weighted by atomic mass is 10.1. The molecule has 1 N–H and O–H groups in total. The van der Waals surface area contributed by atoms with Crippen molar-refractivity contribution in [3.63, 3.8) is 0 Å². The van der Waals surface area contributed by atoms with Crippen LogP contribution < -0.4 is 9.62 Å². The van der Waals surface area contributed by atoms with E-state index in [1.54, 1.807) is 49.5 Å². The highest BCUT2D eigenvalue weighted by atomic mass is 32.2. The molecule has 0 saturated carbocycles. The zero-order chi connectivity index (χ0) is 18.0. The second-order valence-corrected chi connectivity index (χ2v) is 7.42. The van der Waals surface area contributed by atoms with Crippen molar-refractivity contribution in [3.8, 4) is 0 Å². The van der Waals surface area contributed by atoms with Crippen LogP contribution in [0.5, 0.6) is 0 Å². The fourth-order valence-electron chi connectivity index (χ4n) is 2.48. The van der Waals surface area contributed by atoms with Crippen LogP contribution in [0.25, 0.3) is 10.8 Å². The molecular weight excluding hydrogens is 336 g/mol. The monoisotopic (exact) mass is 354 g/mol. The van der Waals surface area contributed by atoms with Gasteiger partial charge in [0.2, 0.25) is 5.91 Å². The quantitative estimate of drug-likeness (QED) is 0.778. The van der Waals surface area contributed by atoms with E-state index in [0.29, 0.717) is 11.4 Å². The van der Waals surface area contributed by atoms with Crippen LogP contribution in [0.15, 0.2) is 71.6 Å². The second kappa shape index (κ2) is 6.57. The van der Waals surface area contributed by atoms with E-state index in [0.717, 1.165) is 10.8 Å². The normalized spacial score (nSPS) is 11.3. The van der Waals surface area contributed by atoms with Crippen molar-refractivity contribution < 1.29 is 13.2 Å². The molecule has 0 radical (unpaired) electrons. The Labute approximate surface area is 146 Å². The molecule has 3 aromatic carbocycles. The lowest BCUT2D eigenvalue weighted by Gasteiger charge is -2.15. The zero-order valence-corrected chi connectivity index (χ0v) is 14.7. The predicted octanol–water partition coefficient (Wildman–Crippen LogP) is 3.62. The van der Waals surface area contributed by atoms with Crippen LogP contribution in [0.2, 0.25) is 0 Å². The van der Waals surface area contributed by atoms with Gasteiger partial charge in [-0.05, 0) is 47.2 Å². The number of nitrogens with one attached hydrogen (secondary N) is 1. The first-order valence-electron chi connectivity index (χ1n) is 7.73. The van der Waals surface area contributed by atoms with Gasteiger partial charge in [0.25, 0.3) is 10.0 Å². The van der Waals surface area contributed by atoms with E-state index < -0.39 is 10.0 Å². The number of hydrogen-bond donors (Lipinski definition) is 1. The van der Waals surface area contributed by atoms with Crippen molar-refractivity contribution in [3.05, 3.63) is 66.7 Å². The molecule has 0 unspecified atom stereocenters. The molecule has 1 amide bonds. The van der Waals surface area contributed by atoms with Crippen LogP contribution in [0, 0.1) is 0 Å². The number of amides is 1. The molecule has 0 atom stereocenters. The Morgan fingerprint density at radius 3 is 2.20 bits per heavy atom. The largest absolute Gasteiger partial charge is 0.316 e. The van der Waals surface area contributed by atoms with Crippen LogP contribution in [-0.2, 0) is 14.8 Å². The average Bonchev–Trinajstić information content (AvgIpc) is 2.61. The summed E-state index contributed by atoms with van der Waals surface area (Å²) in [5.41, 5.74) is 1.13.